The van der Waals surface area contributed by atoms with Gasteiger partial charge in [-0.3, -0.25) is 10.1 Å². The fourth-order valence-electron chi connectivity index (χ4n) is 3.29. The van der Waals surface area contributed by atoms with Gasteiger partial charge in [-0.2, -0.15) is 0 Å². The van der Waals surface area contributed by atoms with E-state index in [1.165, 1.54) is 15.6 Å². The van der Waals surface area contributed by atoms with Crippen molar-refractivity contribution >= 4 is 17.8 Å². The summed E-state index contributed by atoms with van der Waals surface area (Å²) < 4.78 is 15.3. The van der Waals surface area contributed by atoms with E-state index in [2.05, 4.69) is 15.6 Å². The molecule has 1 fully saturated rings. The number of hydrogen-bond donors (Lipinski definition) is 2. The standard InChI is InChI=1S/C18H22FN5O3/c1-11-7-14(17(25)26)9-23(8-11)18(27)20-16-12(2)24(22-21-16)10-13-5-3-4-6-15(13)19/h3-6,11,14H,7-10H2,1-2H3,(H,20,27)(H,25,26). The lowest BCUT2D eigenvalue weighted by Crippen LogP contribution is -2.47. The Balaban J connectivity index is 1.69. The Morgan fingerprint density at radius 1 is 1.33 bits per heavy atom. The second-order valence-electron chi connectivity index (χ2n) is 6.98. The minimum absolute atomic E-state index is 0.100. The number of aromatic nitrogens is 3. The quantitative estimate of drug-likeness (QED) is 0.854. The van der Waals surface area contributed by atoms with Crippen LogP contribution in [0.15, 0.2) is 24.3 Å². The molecule has 0 spiro atoms. The van der Waals surface area contributed by atoms with Crippen molar-refractivity contribution in [1.29, 1.82) is 0 Å². The van der Waals surface area contributed by atoms with Crippen molar-refractivity contribution in [3.63, 3.8) is 0 Å². The van der Waals surface area contributed by atoms with E-state index in [1.807, 2.05) is 6.92 Å². The number of carbonyl (C=O) groups is 2. The summed E-state index contributed by atoms with van der Waals surface area (Å²) in [5.74, 6) is -1.42. The van der Waals surface area contributed by atoms with Gasteiger partial charge in [0.15, 0.2) is 5.82 Å². The number of halogens is 1. The number of carboxylic acid groups (broad SMARTS) is 1. The van der Waals surface area contributed by atoms with Crippen LogP contribution in [0.4, 0.5) is 15.0 Å². The zero-order valence-electron chi connectivity index (χ0n) is 15.2. The van der Waals surface area contributed by atoms with Crippen LogP contribution in [0.3, 0.4) is 0 Å². The number of likely N-dealkylation sites (tertiary alicyclic amines) is 1. The van der Waals surface area contributed by atoms with Gasteiger partial charge in [0.25, 0.3) is 0 Å². The molecule has 2 aromatic rings. The first-order valence-corrected chi connectivity index (χ1v) is 8.77. The zero-order chi connectivity index (χ0) is 19.6. The number of benzene rings is 1. The first-order chi connectivity index (χ1) is 12.8. The maximum Gasteiger partial charge on any atom is 0.323 e. The van der Waals surface area contributed by atoms with E-state index >= 15 is 0 Å². The minimum atomic E-state index is -0.897. The molecule has 1 aromatic carbocycles. The van der Waals surface area contributed by atoms with E-state index in [9.17, 15) is 19.1 Å². The maximum atomic E-state index is 13.8. The second-order valence-corrected chi connectivity index (χ2v) is 6.98. The molecule has 8 nitrogen and oxygen atoms in total. The van der Waals surface area contributed by atoms with Crippen molar-refractivity contribution < 1.29 is 19.1 Å². The number of anilines is 1. The number of amides is 2. The number of carboxylic acids is 1. The van der Waals surface area contributed by atoms with Gasteiger partial charge in [-0.05, 0) is 25.3 Å². The largest absolute Gasteiger partial charge is 0.481 e. The van der Waals surface area contributed by atoms with Gasteiger partial charge in [-0.15, -0.1) is 5.10 Å². The van der Waals surface area contributed by atoms with Gasteiger partial charge >= 0.3 is 12.0 Å². The van der Waals surface area contributed by atoms with Gasteiger partial charge in [0, 0.05) is 18.7 Å². The predicted octanol–water partition coefficient (Wildman–Crippen LogP) is 2.35. The van der Waals surface area contributed by atoms with Crippen LogP contribution in [0.5, 0.6) is 0 Å². The topological polar surface area (TPSA) is 100 Å². The molecule has 2 heterocycles. The third-order valence-corrected chi connectivity index (χ3v) is 4.78. The molecular formula is C18H22FN5O3. The molecule has 2 atom stereocenters. The number of carbonyl (C=O) groups excluding carboxylic acids is 1. The van der Waals surface area contributed by atoms with Crippen molar-refractivity contribution in [3.8, 4) is 0 Å². The van der Waals surface area contributed by atoms with Crippen LogP contribution < -0.4 is 5.32 Å². The van der Waals surface area contributed by atoms with Gasteiger partial charge < -0.3 is 10.0 Å². The molecule has 1 saturated heterocycles. The highest BCUT2D eigenvalue weighted by atomic mass is 19.1. The molecule has 0 saturated carbocycles. The summed E-state index contributed by atoms with van der Waals surface area (Å²) in [4.78, 5) is 25.3. The molecule has 27 heavy (non-hydrogen) atoms. The van der Waals surface area contributed by atoms with E-state index in [0.717, 1.165) is 0 Å². The molecular weight excluding hydrogens is 353 g/mol. The van der Waals surface area contributed by atoms with Gasteiger partial charge in [0.1, 0.15) is 5.82 Å². The van der Waals surface area contributed by atoms with Crippen molar-refractivity contribution in [2.45, 2.75) is 26.8 Å². The van der Waals surface area contributed by atoms with E-state index in [0.29, 0.717) is 24.2 Å². The highest BCUT2D eigenvalue weighted by Crippen LogP contribution is 2.23. The first kappa shape index (κ1) is 18.8. The predicted molar refractivity (Wildman–Crippen MR) is 95.8 cm³/mol. The van der Waals surface area contributed by atoms with Crippen molar-refractivity contribution in [2.75, 3.05) is 18.4 Å². The minimum Gasteiger partial charge on any atom is -0.481 e. The van der Waals surface area contributed by atoms with Crippen LogP contribution in [0.1, 0.15) is 24.6 Å². The molecule has 2 amide bonds. The number of rotatable bonds is 4. The van der Waals surface area contributed by atoms with Crippen LogP contribution in [-0.2, 0) is 11.3 Å². The molecule has 144 valence electrons. The summed E-state index contributed by atoms with van der Waals surface area (Å²) in [6.07, 6.45) is 0.553. The molecule has 0 aliphatic carbocycles. The fourth-order valence-corrected chi connectivity index (χ4v) is 3.29. The van der Waals surface area contributed by atoms with Crippen LogP contribution in [0.25, 0.3) is 0 Å². The number of piperidine rings is 1. The SMILES string of the molecule is Cc1c(NC(=O)N2CC(C)CC(C(=O)O)C2)nnn1Cc1ccccc1F. The molecule has 2 N–H and O–H groups in total. The Kier molecular flexibility index (Phi) is 5.38. The summed E-state index contributed by atoms with van der Waals surface area (Å²) in [5.41, 5.74) is 1.06. The lowest BCUT2D eigenvalue weighted by molar-refractivity contribution is -0.143. The van der Waals surface area contributed by atoms with E-state index in [-0.39, 0.29) is 30.6 Å². The van der Waals surface area contributed by atoms with Gasteiger partial charge in [0.2, 0.25) is 0 Å². The van der Waals surface area contributed by atoms with E-state index < -0.39 is 17.9 Å². The first-order valence-electron chi connectivity index (χ1n) is 8.77. The fraction of sp³-hybridized carbons (Fsp3) is 0.444. The third-order valence-electron chi connectivity index (χ3n) is 4.78. The summed E-state index contributed by atoms with van der Waals surface area (Å²) >= 11 is 0. The number of urea groups is 1. The molecule has 1 aliphatic heterocycles. The lowest BCUT2D eigenvalue weighted by Gasteiger charge is -2.34. The van der Waals surface area contributed by atoms with Crippen LogP contribution in [-0.4, -0.2) is 50.1 Å². The average molecular weight is 375 g/mol. The normalized spacial score (nSPS) is 19.7. The van der Waals surface area contributed by atoms with Crippen molar-refractivity contribution in [2.24, 2.45) is 11.8 Å². The van der Waals surface area contributed by atoms with Crippen LogP contribution in [0.2, 0.25) is 0 Å². The molecule has 1 aliphatic rings. The summed E-state index contributed by atoms with van der Waals surface area (Å²) in [6.45, 7) is 4.50. The number of hydrogen-bond acceptors (Lipinski definition) is 4. The average Bonchev–Trinajstić information content (AvgIpc) is 2.96. The van der Waals surface area contributed by atoms with Gasteiger partial charge in [-0.1, -0.05) is 30.3 Å². The van der Waals surface area contributed by atoms with Gasteiger partial charge in [-0.25, -0.2) is 13.9 Å². The third kappa shape index (κ3) is 4.24. The molecule has 2 unspecified atom stereocenters. The second kappa shape index (κ2) is 7.73. The summed E-state index contributed by atoms with van der Waals surface area (Å²) in [5, 5.41) is 19.9. The number of aliphatic carboxylic acids is 1. The monoisotopic (exact) mass is 375 g/mol. The number of nitrogens with one attached hydrogen (secondary N) is 1. The van der Waals surface area contributed by atoms with Crippen molar-refractivity contribution in [3.05, 3.63) is 41.3 Å². The molecule has 9 heteroatoms. The molecule has 1 aromatic heterocycles. The maximum absolute atomic E-state index is 13.8. The molecule has 0 bridgehead atoms. The Morgan fingerprint density at radius 2 is 2.07 bits per heavy atom. The summed E-state index contributed by atoms with van der Waals surface area (Å²) in [6, 6.07) is 5.98. The highest BCUT2D eigenvalue weighted by molar-refractivity contribution is 5.89. The Hall–Kier alpha value is -2.97. The number of nitrogens with zero attached hydrogens (tertiary/aromatic N) is 4. The zero-order valence-corrected chi connectivity index (χ0v) is 15.2. The molecule has 3 rings (SSSR count). The van der Waals surface area contributed by atoms with Crippen molar-refractivity contribution in [1.82, 2.24) is 19.9 Å². The smallest absolute Gasteiger partial charge is 0.323 e. The van der Waals surface area contributed by atoms with E-state index in [1.54, 1.807) is 25.1 Å². The highest BCUT2D eigenvalue weighted by Gasteiger charge is 2.32. The Bertz CT molecular complexity index is 853. The Morgan fingerprint density at radius 3 is 2.78 bits per heavy atom. The lowest BCUT2D eigenvalue weighted by atomic mass is 9.91. The van der Waals surface area contributed by atoms with E-state index in [4.69, 9.17) is 0 Å². The van der Waals surface area contributed by atoms with Crippen LogP contribution in [0, 0.1) is 24.6 Å². The molecule has 0 radical (unpaired) electrons. The van der Waals surface area contributed by atoms with Crippen LogP contribution >= 0.6 is 0 Å². The van der Waals surface area contributed by atoms with Gasteiger partial charge in [0.05, 0.1) is 18.2 Å². The summed E-state index contributed by atoms with van der Waals surface area (Å²) in [7, 11) is 0. The Labute approximate surface area is 156 Å².